The third-order valence-corrected chi connectivity index (χ3v) is 4.82. The van der Waals surface area contributed by atoms with E-state index in [9.17, 15) is 4.79 Å². The minimum Gasteiger partial charge on any atom is -0.497 e. The number of carbonyl (C=O) groups is 1. The molecular formula is C23H26N4O2. The number of nitrogens with two attached hydrogens (primary N) is 1. The van der Waals surface area contributed by atoms with Crippen molar-refractivity contribution in [3.63, 3.8) is 0 Å². The standard InChI is InChI=1S/C23H26N4O2/c1-16-6-7-18(15-17(16)2)12-14-26-23(28)27(22-21(24)5-4-13-25-22)19-8-10-20(29-3)11-9-19/h4-11,13,15H,12,14,24H2,1-3H3,(H,26,28). The zero-order valence-corrected chi connectivity index (χ0v) is 17.0. The Labute approximate surface area is 171 Å². The van der Waals surface area contributed by atoms with Gasteiger partial charge >= 0.3 is 6.03 Å². The number of nitrogens with zero attached hydrogens (tertiary/aromatic N) is 2. The number of amides is 2. The first kappa shape index (κ1) is 20.2. The number of ether oxygens (including phenoxy) is 1. The van der Waals surface area contributed by atoms with Gasteiger partial charge in [0.05, 0.1) is 18.5 Å². The highest BCUT2D eigenvalue weighted by Gasteiger charge is 2.21. The Balaban J connectivity index is 1.78. The highest BCUT2D eigenvalue weighted by atomic mass is 16.5. The molecule has 0 fully saturated rings. The summed E-state index contributed by atoms with van der Waals surface area (Å²) in [6.07, 6.45) is 2.35. The molecule has 0 aliphatic carbocycles. The Morgan fingerprint density at radius 3 is 2.52 bits per heavy atom. The Morgan fingerprint density at radius 1 is 1.10 bits per heavy atom. The molecule has 0 saturated heterocycles. The number of anilines is 3. The van der Waals surface area contributed by atoms with Crippen molar-refractivity contribution < 1.29 is 9.53 Å². The molecule has 150 valence electrons. The van der Waals surface area contributed by atoms with Crippen LogP contribution in [0.4, 0.5) is 22.0 Å². The minimum atomic E-state index is -0.288. The number of hydrogen-bond donors (Lipinski definition) is 2. The monoisotopic (exact) mass is 390 g/mol. The molecule has 2 aromatic carbocycles. The van der Waals surface area contributed by atoms with Gasteiger partial charge in [0.2, 0.25) is 0 Å². The topological polar surface area (TPSA) is 80.5 Å². The molecule has 6 heteroatoms. The molecule has 0 atom stereocenters. The number of urea groups is 1. The average molecular weight is 390 g/mol. The first-order valence-electron chi connectivity index (χ1n) is 9.48. The number of methoxy groups -OCH3 is 1. The summed E-state index contributed by atoms with van der Waals surface area (Å²) in [5.74, 6) is 1.10. The van der Waals surface area contributed by atoms with Gasteiger partial charge in [-0.25, -0.2) is 14.7 Å². The molecule has 0 aliphatic rings. The molecule has 1 aromatic heterocycles. The number of benzene rings is 2. The van der Waals surface area contributed by atoms with E-state index < -0.39 is 0 Å². The van der Waals surface area contributed by atoms with Gasteiger partial charge in [0.25, 0.3) is 0 Å². The second kappa shape index (κ2) is 9.10. The molecule has 0 bridgehead atoms. The summed E-state index contributed by atoms with van der Waals surface area (Å²) in [5.41, 5.74) is 10.9. The largest absolute Gasteiger partial charge is 0.497 e. The van der Waals surface area contributed by atoms with E-state index in [4.69, 9.17) is 10.5 Å². The highest BCUT2D eigenvalue weighted by molar-refractivity contribution is 6.00. The first-order valence-corrected chi connectivity index (χ1v) is 9.48. The van der Waals surface area contributed by atoms with Crippen LogP contribution in [-0.2, 0) is 6.42 Å². The van der Waals surface area contributed by atoms with Crippen molar-refractivity contribution in [2.75, 3.05) is 24.3 Å². The van der Waals surface area contributed by atoms with Gasteiger partial charge in [-0.3, -0.25) is 0 Å². The second-order valence-corrected chi connectivity index (χ2v) is 6.85. The number of aryl methyl sites for hydroxylation is 2. The molecule has 6 nitrogen and oxygen atoms in total. The summed E-state index contributed by atoms with van der Waals surface area (Å²) in [6, 6.07) is 16.7. The Morgan fingerprint density at radius 2 is 1.86 bits per heavy atom. The molecule has 3 N–H and O–H groups in total. The van der Waals surface area contributed by atoms with E-state index in [0.717, 1.165) is 6.42 Å². The highest BCUT2D eigenvalue weighted by Crippen LogP contribution is 2.29. The SMILES string of the molecule is COc1ccc(N(C(=O)NCCc2ccc(C)c(C)c2)c2ncccc2N)cc1. The smallest absolute Gasteiger partial charge is 0.327 e. The van der Waals surface area contributed by atoms with Crippen LogP contribution in [0.5, 0.6) is 5.75 Å². The normalized spacial score (nSPS) is 10.4. The van der Waals surface area contributed by atoms with Crippen molar-refractivity contribution in [3.05, 3.63) is 77.5 Å². The molecule has 3 rings (SSSR count). The number of aromatic nitrogens is 1. The van der Waals surface area contributed by atoms with Crippen molar-refractivity contribution in [3.8, 4) is 5.75 Å². The van der Waals surface area contributed by atoms with Crippen molar-refractivity contribution in [1.82, 2.24) is 10.3 Å². The summed E-state index contributed by atoms with van der Waals surface area (Å²) in [7, 11) is 1.60. The molecule has 0 aliphatic heterocycles. The van der Waals surface area contributed by atoms with E-state index in [1.54, 1.807) is 49.7 Å². The van der Waals surface area contributed by atoms with E-state index in [2.05, 4.69) is 42.3 Å². The summed E-state index contributed by atoms with van der Waals surface area (Å²) in [5, 5.41) is 2.98. The van der Waals surface area contributed by atoms with Gasteiger partial charge < -0.3 is 15.8 Å². The lowest BCUT2D eigenvalue weighted by Crippen LogP contribution is -2.38. The van der Waals surface area contributed by atoms with E-state index in [1.165, 1.54) is 21.6 Å². The molecule has 0 radical (unpaired) electrons. The van der Waals surface area contributed by atoms with Gasteiger partial charge in [-0.15, -0.1) is 0 Å². The van der Waals surface area contributed by atoms with E-state index >= 15 is 0 Å². The van der Waals surface area contributed by atoms with E-state index in [1.807, 2.05) is 0 Å². The predicted octanol–water partition coefficient (Wildman–Crippen LogP) is 4.38. The third kappa shape index (κ3) is 4.85. The van der Waals surface area contributed by atoms with Crippen LogP contribution in [0.2, 0.25) is 0 Å². The van der Waals surface area contributed by atoms with Crippen molar-refractivity contribution in [1.29, 1.82) is 0 Å². The average Bonchev–Trinajstić information content (AvgIpc) is 2.73. The number of rotatable bonds is 6. The molecule has 3 aromatic rings. The van der Waals surface area contributed by atoms with Crippen LogP contribution in [0.3, 0.4) is 0 Å². The van der Waals surface area contributed by atoms with Crippen LogP contribution < -0.4 is 20.7 Å². The van der Waals surface area contributed by atoms with Gasteiger partial charge in [-0.05, 0) is 73.4 Å². The fraction of sp³-hybridized carbons (Fsp3) is 0.217. The van der Waals surface area contributed by atoms with Crippen LogP contribution in [-0.4, -0.2) is 24.7 Å². The maximum Gasteiger partial charge on any atom is 0.327 e. The lowest BCUT2D eigenvalue weighted by molar-refractivity contribution is 0.248. The Bertz CT molecular complexity index is 986. The van der Waals surface area contributed by atoms with Crippen LogP contribution in [0.1, 0.15) is 16.7 Å². The third-order valence-electron chi connectivity index (χ3n) is 4.82. The van der Waals surface area contributed by atoms with E-state index in [0.29, 0.717) is 29.5 Å². The summed E-state index contributed by atoms with van der Waals surface area (Å²) < 4.78 is 5.21. The van der Waals surface area contributed by atoms with Crippen LogP contribution in [0.15, 0.2) is 60.8 Å². The maximum atomic E-state index is 13.1. The Kier molecular flexibility index (Phi) is 6.34. The molecule has 0 spiro atoms. The number of carbonyl (C=O) groups excluding carboxylic acids is 1. The van der Waals surface area contributed by atoms with Crippen molar-refractivity contribution >= 4 is 23.2 Å². The zero-order chi connectivity index (χ0) is 20.8. The number of pyridine rings is 1. The van der Waals surface area contributed by atoms with Gasteiger partial charge in [0, 0.05) is 12.7 Å². The fourth-order valence-corrected chi connectivity index (χ4v) is 3.02. The summed E-state index contributed by atoms with van der Waals surface area (Å²) >= 11 is 0. The zero-order valence-electron chi connectivity index (χ0n) is 17.0. The molecule has 29 heavy (non-hydrogen) atoms. The predicted molar refractivity (Wildman–Crippen MR) is 117 cm³/mol. The van der Waals surface area contributed by atoms with Crippen LogP contribution >= 0.6 is 0 Å². The van der Waals surface area contributed by atoms with Crippen molar-refractivity contribution in [2.24, 2.45) is 0 Å². The quantitative estimate of drug-likeness (QED) is 0.654. The van der Waals surface area contributed by atoms with Gasteiger partial charge in [-0.1, -0.05) is 18.2 Å². The molecule has 0 unspecified atom stereocenters. The minimum absolute atomic E-state index is 0.288. The summed E-state index contributed by atoms with van der Waals surface area (Å²) in [4.78, 5) is 18.8. The number of hydrogen-bond acceptors (Lipinski definition) is 4. The maximum absolute atomic E-state index is 13.1. The fourth-order valence-electron chi connectivity index (χ4n) is 3.02. The van der Waals surface area contributed by atoms with Crippen LogP contribution in [0, 0.1) is 13.8 Å². The molecule has 0 saturated carbocycles. The lowest BCUT2D eigenvalue weighted by atomic mass is 10.0. The Hall–Kier alpha value is -3.54. The lowest BCUT2D eigenvalue weighted by Gasteiger charge is -2.23. The van der Waals surface area contributed by atoms with Crippen molar-refractivity contribution in [2.45, 2.75) is 20.3 Å². The molecule has 1 heterocycles. The second-order valence-electron chi connectivity index (χ2n) is 6.85. The number of nitrogens with one attached hydrogen (secondary N) is 1. The number of nitrogen functional groups attached to an aromatic ring is 1. The van der Waals surface area contributed by atoms with Gasteiger partial charge in [0.1, 0.15) is 5.75 Å². The first-order chi connectivity index (χ1) is 14.0. The summed E-state index contributed by atoms with van der Waals surface area (Å²) in [6.45, 7) is 4.68. The molecular weight excluding hydrogens is 364 g/mol. The molecule has 2 amide bonds. The van der Waals surface area contributed by atoms with Gasteiger partial charge in [0.15, 0.2) is 5.82 Å². The van der Waals surface area contributed by atoms with Crippen LogP contribution in [0.25, 0.3) is 0 Å². The van der Waals surface area contributed by atoms with Gasteiger partial charge in [-0.2, -0.15) is 0 Å². The van der Waals surface area contributed by atoms with E-state index in [-0.39, 0.29) is 6.03 Å².